The van der Waals surface area contributed by atoms with Crippen LogP contribution in [0.4, 0.5) is 18.9 Å². The Labute approximate surface area is 177 Å². The number of pyridine rings is 1. The number of nitrogens with zero attached hydrogens (tertiary/aromatic N) is 3. The van der Waals surface area contributed by atoms with Crippen LogP contribution in [0, 0.1) is 0 Å². The average molecular weight is 445 g/mol. The van der Waals surface area contributed by atoms with Crippen molar-refractivity contribution in [1.82, 2.24) is 19.9 Å². The topological polar surface area (TPSA) is 88.4 Å². The molecule has 0 spiro atoms. The maximum atomic E-state index is 13.0. The predicted octanol–water partition coefficient (Wildman–Crippen LogP) is 3.99. The number of carbonyl (C=O) groups is 2. The lowest BCUT2D eigenvalue weighted by atomic mass is 10.1. The minimum atomic E-state index is -4.52. The van der Waals surface area contributed by atoms with Gasteiger partial charge in [0.2, 0.25) is 0 Å². The van der Waals surface area contributed by atoms with E-state index in [1.165, 1.54) is 27.9 Å². The summed E-state index contributed by atoms with van der Waals surface area (Å²) in [6.45, 7) is -0.158. The molecule has 3 aromatic heterocycles. The van der Waals surface area contributed by atoms with E-state index in [9.17, 15) is 22.8 Å². The van der Waals surface area contributed by atoms with E-state index in [4.69, 9.17) is 0 Å². The molecule has 11 heteroatoms. The first-order valence-corrected chi connectivity index (χ1v) is 9.84. The number of nitrogens with one attached hydrogen (secondary N) is 2. The zero-order valence-corrected chi connectivity index (χ0v) is 16.5. The van der Waals surface area contributed by atoms with Gasteiger partial charge in [-0.3, -0.25) is 14.0 Å². The molecule has 1 aromatic carbocycles. The molecule has 0 bridgehead atoms. The molecular weight excluding hydrogens is 431 g/mol. The summed E-state index contributed by atoms with van der Waals surface area (Å²) in [5.74, 6) is -0.737. The second kappa shape index (κ2) is 8.19. The minimum Gasteiger partial charge on any atom is -0.345 e. The molecule has 3 heterocycles. The highest BCUT2D eigenvalue weighted by Crippen LogP contribution is 2.29. The zero-order chi connectivity index (χ0) is 22.0. The fourth-order valence-corrected chi connectivity index (χ4v) is 3.48. The van der Waals surface area contributed by atoms with Gasteiger partial charge in [-0.05, 0) is 35.7 Å². The van der Waals surface area contributed by atoms with Gasteiger partial charge in [-0.1, -0.05) is 18.2 Å². The number of anilines is 1. The monoisotopic (exact) mass is 445 g/mol. The number of fused-ring (bicyclic) bond motifs is 1. The quantitative estimate of drug-likeness (QED) is 0.486. The lowest BCUT2D eigenvalue weighted by Crippen LogP contribution is -2.25. The molecule has 2 amide bonds. The fourth-order valence-electron chi connectivity index (χ4n) is 2.86. The molecule has 0 atom stereocenters. The lowest BCUT2D eigenvalue weighted by Gasteiger charge is -2.11. The molecule has 7 nitrogen and oxygen atoms in total. The van der Waals surface area contributed by atoms with Crippen molar-refractivity contribution in [2.75, 3.05) is 5.32 Å². The summed E-state index contributed by atoms with van der Waals surface area (Å²) in [6, 6.07) is 11.9. The van der Waals surface area contributed by atoms with Crippen LogP contribution in [-0.4, -0.2) is 26.4 Å². The van der Waals surface area contributed by atoms with Gasteiger partial charge in [-0.15, -0.1) is 21.5 Å². The van der Waals surface area contributed by atoms with Crippen LogP contribution in [0.15, 0.2) is 60.1 Å². The molecule has 0 saturated carbocycles. The Hall–Kier alpha value is -3.73. The van der Waals surface area contributed by atoms with Crippen LogP contribution in [-0.2, 0) is 12.7 Å². The van der Waals surface area contributed by atoms with Gasteiger partial charge >= 0.3 is 6.18 Å². The molecule has 4 rings (SSSR count). The highest BCUT2D eigenvalue weighted by Gasteiger charge is 2.31. The fraction of sp³-hybridized carbons (Fsp3) is 0.100. The molecule has 0 aliphatic heterocycles. The number of halogens is 3. The number of para-hydroxylation sites is 1. The zero-order valence-electron chi connectivity index (χ0n) is 15.7. The lowest BCUT2D eigenvalue weighted by molar-refractivity contribution is -0.137. The van der Waals surface area contributed by atoms with Gasteiger partial charge < -0.3 is 10.6 Å². The van der Waals surface area contributed by atoms with Crippen molar-refractivity contribution in [3.63, 3.8) is 0 Å². The third-order valence-corrected chi connectivity index (χ3v) is 5.24. The highest BCUT2D eigenvalue weighted by molar-refractivity contribution is 7.12. The first kappa shape index (κ1) is 20.5. The van der Waals surface area contributed by atoms with Crippen molar-refractivity contribution in [3.8, 4) is 0 Å². The van der Waals surface area contributed by atoms with E-state index in [0.29, 0.717) is 10.6 Å². The van der Waals surface area contributed by atoms with Crippen LogP contribution in [0.25, 0.3) is 5.65 Å². The summed E-state index contributed by atoms with van der Waals surface area (Å²) in [4.78, 5) is 25.5. The van der Waals surface area contributed by atoms with Gasteiger partial charge in [0.15, 0.2) is 11.5 Å². The normalized spacial score (nSPS) is 11.5. The number of hydrogen-bond acceptors (Lipinski definition) is 5. The van der Waals surface area contributed by atoms with Crippen LogP contribution in [0.1, 0.15) is 31.4 Å². The van der Waals surface area contributed by atoms with Crippen LogP contribution < -0.4 is 10.6 Å². The van der Waals surface area contributed by atoms with Crippen LogP contribution in [0.3, 0.4) is 0 Å². The summed E-state index contributed by atoms with van der Waals surface area (Å²) >= 11 is 1.27. The maximum Gasteiger partial charge on any atom is 0.417 e. The highest BCUT2D eigenvalue weighted by atomic mass is 32.1. The van der Waals surface area contributed by atoms with Gasteiger partial charge in [0.1, 0.15) is 0 Å². The predicted molar refractivity (Wildman–Crippen MR) is 108 cm³/mol. The second-order valence-electron chi connectivity index (χ2n) is 6.42. The Morgan fingerprint density at radius 2 is 1.81 bits per heavy atom. The first-order chi connectivity index (χ1) is 14.8. The molecule has 0 saturated heterocycles. The summed E-state index contributed by atoms with van der Waals surface area (Å²) in [6.07, 6.45) is -3.63. The largest absolute Gasteiger partial charge is 0.417 e. The van der Waals surface area contributed by atoms with Gasteiger partial charge in [-0.2, -0.15) is 13.2 Å². The van der Waals surface area contributed by atoms with Crippen LogP contribution >= 0.6 is 11.3 Å². The summed E-state index contributed by atoms with van der Waals surface area (Å²) in [5.41, 5.74) is -0.115. The molecule has 31 heavy (non-hydrogen) atoms. The molecule has 2 N–H and O–H groups in total. The summed E-state index contributed by atoms with van der Waals surface area (Å²) in [5, 5.41) is 14.7. The standard InChI is InChI=1S/C20H14F3N5O2S/c21-20(22,23)12-7-8-16-26-27-17(28(16)11-12)10-24-18(29)13-4-1-2-5-14(13)25-19(30)15-6-3-9-31-15/h1-9,11H,10H2,(H,24,29)(H,25,30). The summed E-state index contributed by atoms with van der Waals surface area (Å²) < 4.78 is 40.1. The second-order valence-corrected chi connectivity index (χ2v) is 7.37. The number of hydrogen-bond donors (Lipinski definition) is 2. The number of benzene rings is 1. The summed E-state index contributed by atoms with van der Waals surface area (Å²) in [7, 11) is 0. The number of rotatable bonds is 5. The van der Waals surface area contributed by atoms with Crippen molar-refractivity contribution < 1.29 is 22.8 Å². The Kier molecular flexibility index (Phi) is 5.42. The number of alkyl halides is 3. The molecular formula is C20H14F3N5O2S. The first-order valence-electron chi connectivity index (χ1n) is 8.96. The Morgan fingerprint density at radius 1 is 1.00 bits per heavy atom. The van der Waals surface area contributed by atoms with Crippen molar-refractivity contribution >= 4 is 34.5 Å². The van der Waals surface area contributed by atoms with Gasteiger partial charge in [0, 0.05) is 6.20 Å². The average Bonchev–Trinajstić information content (AvgIpc) is 3.41. The number of carbonyl (C=O) groups excluding carboxylic acids is 2. The SMILES string of the molecule is O=C(Nc1ccccc1C(=O)NCc1nnc2ccc(C(F)(F)F)cn12)c1cccs1. The van der Waals surface area contributed by atoms with E-state index in [1.807, 2.05) is 0 Å². The van der Waals surface area contributed by atoms with Crippen molar-refractivity contribution in [2.45, 2.75) is 12.7 Å². The van der Waals surface area contributed by atoms with E-state index in [-0.39, 0.29) is 29.5 Å². The van der Waals surface area contributed by atoms with Crippen molar-refractivity contribution in [2.24, 2.45) is 0 Å². The molecule has 0 radical (unpaired) electrons. The molecule has 0 fully saturated rings. The Bertz CT molecular complexity index is 1250. The van der Waals surface area contributed by atoms with Gasteiger partial charge in [-0.25, -0.2) is 0 Å². The Balaban J connectivity index is 1.51. The van der Waals surface area contributed by atoms with E-state index >= 15 is 0 Å². The minimum absolute atomic E-state index is 0.134. The van der Waals surface area contributed by atoms with E-state index < -0.39 is 17.6 Å². The van der Waals surface area contributed by atoms with Crippen LogP contribution in [0.2, 0.25) is 0 Å². The molecule has 4 aromatic rings. The van der Waals surface area contributed by atoms with E-state index in [0.717, 1.165) is 12.3 Å². The van der Waals surface area contributed by atoms with E-state index in [2.05, 4.69) is 20.8 Å². The van der Waals surface area contributed by atoms with Crippen LogP contribution in [0.5, 0.6) is 0 Å². The van der Waals surface area contributed by atoms with Crippen molar-refractivity contribution in [3.05, 3.63) is 81.9 Å². The molecule has 0 aliphatic carbocycles. The third kappa shape index (κ3) is 4.40. The number of amides is 2. The molecule has 158 valence electrons. The van der Waals surface area contributed by atoms with Gasteiger partial charge in [0.25, 0.3) is 11.8 Å². The molecule has 0 aliphatic rings. The molecule has 0 unspecified atom stereocenters. The smallest absolute Gasteiger partial charge is 0.345 e. The number of thiophene rings is 1. The van der Waals surface area contributed by atoms with Gasteiger partial charge in [0.05, 0.1) is 28.2 Å². The van der Waals surface area contributed by atoms with Crippen molar-refractivity contribution in [1.29, 1.82) is 0 Å². The number of aromatic nitrogens is 3. The third-order valence-electron chi connectivity index (χ3n) is 4.37. The maximum absolute atomic E-state index is 13.0. The Morgan fingerprint density at radius 3 is 2.55 bits per heavy atom. The van der Waals surface area contributed by atoms with E-state index in [1.54, 1.807) is 35.7 Å².